The van der Waals surface area contributed by atoms with Gasteiger partial charge in [-0.3, -0.25) is 6.08 Å². The predicted molar refractivity (Wildman–Crippen MR) is 130 cm³/mol. The van der Waals surface area contributed by atoms with Crippen molar-refractivity contribution in [3.8, 4) is 5.75 Å². The monoisotopic (exact) mass is 441 g/mol. The molecular weight excluding hydrogens is 400 g/mol. The van der Waals surface area contributed by atoms with E-state index in [4.69, 9.17) is 4.74 Å². The zero-order valence-corrected chi connectivity index (χ0v) is 22.4. The van der Waals surface area contributed by atoms with Crippen molar-refractivity contribution in [2.45, 2.75) is 75.7 Å². The zero-order valence-electron chi connectivity index (χ0n) is 20.8. The van der Waals surface area contributed by atoms with Crippen LogP contribution in [0.2, 0.25) is 0 Å². The summed E-state index contributed by atoms with van der Waals surface area (Å²) in [6.45, 7) is 21.6. The number of hydrogen-bond donors (Lipinski definition) is 0. The van der Waals surface area contributed by atoms with Crippen LogP contribution in [0.1, 0.15) is 75.7 Å². The number of benzene rings is 1. The topological polar surface area (TPSA) is 9.23 Å². The van der Waals surface area contributed by atoms with Crippen LogP contribution in [0.5, 0.6) is 5.75 Å². The summed E-state index contributed by atoms with van der Waals surface area (Å²) in [5, 5.41) is 0. The normalized spacial score (nSPS) is 13.3. The molecule has 30 heavy (non-hydrogen) atoms. The van der Waals surface area contributed by atoms with Crippen molar-refractivity contribution >= 4 is 3.81 Å². The second kappa shape index (κ2) is 13.8. The molecule has 0 atom stereocenters. The molecule has 0 amide bonds. The van der Waals surface area contributed by atoms with Crippen molar-refractivity contribution in [1.29, 1.82) is 0 Å². The van der Waals surface area contributed by atoms with Gasteiger partial charge in [0, 0.05) is 0 Å². The first-order valence-corrected chi connectivity index (χ1v) is 11.4. The Kier molecular flexibility index (Phi) is 13.1. The molecule has 0 heterocycles. The molecule has 1 aromatic rings. The van der Waals surface area contributed by atoms with E-state index in [-0.39, 0.29) is 5.41 Å². The molecule has 1 aliphatic carbocycles. The van der Waals surface area contributed by atoms with Gasteiger partial charge < -0.3 is 4.74 Å². The standard InChI is InChI=1S/C16H22O.C9H13.C3H6.Ti/c1-13(2)11-14(16(3,4)5)12-17-15-9-7-6-8-10-15;1-9(2,3)8-6-4-5-7-8;1-3-2;/h6-12H,1-5H3;6-7H,4H2,1-3H3;1-2H3;/q;-1;;+1. The molecule has 1 nitrogen and oxygen atoms in total. The van der Waals surface area contributed by atoms with Crippen molar-refractivity contribution < 1.29 is 24.7 Å². The van der Waals surface area contributed by atoms with Crippen LogP contribution in [0.25, 0.3) is 0 Å². The molecule has 0 aliphatic heterocycles. The Bertz CT molecular complexity index is 755. The van der Waals surface area contributed by atoms with Gasteiger partial charge in [-0.1, -0.05) is 76.8 Å². The minimum atomic E-state index is 0.0893. The van der Waals surface area contributed by atoms with Gasteiger partial charge >= 0.3 is 37.6 Å². The molecule has 0 fully saturated rings. The molecule has 0 spiro atoms. The van der Waals surface area contributed by atoms with E-state index >= 15 is 0 Å². The van der Waals surface area contributed by atoms with Crippen LogP contribution in [0, 0.1) is 16.9 Å². The van der Waals surface area contributed by atoms with E-state index in [9.17, 15) is 0 Å². The van der Waals surface area contributed by atoms with E-state index in [2.05, 4.69) is 114 Å². The van der Waals surface area contributed by atoms with Crippen LogP contribution >= 0.6 is 0 Å². The van der Waals surface area contributed by atoms with Crippen LogP contribution in [0.3, 0.4) is 0 Å². The second-order valence-corrected chi connectivity index (χ2v) is 11.5. The molecular formula is C28H41OTi. The predicted octanol–water partition coefficient (Wildman–Crippen LogP) is 8.43. The van der Waals surface area contributed by atoms with Crippen molar-refractivity contribution in [1.82, 2.24) is 0 Å². The summed E-state index contributed by atoms with van der Waals surface area (Å²) in [6, 6.07) is 9.84. The average Bonchev–Trinajstić information content (AvgIpc) is 3.13. The van der Waals surface area contributed by atoms with Crippen molar-refractivity contribution in [3.63, 3.8) is 0 Å². The zero-order chi connectivity index (χ0) is 23.4. The van der Waals surface area contributed by atoms with Gasteiger partial charge in [0.05, 0.1) is 6.26 Å². The summed E-state index contributed by atoms with van der Waals surface area (Å²) in [5.41, 5.74) is 4.31. The minimum absolute atomic E-state index is 0.0893. The fraction of sp³-hybridized carbons (Fsp3) is 0.464. The van der Waals surface area contributed by atoms with E-state index < -0.39 is 0 Å². The Balaban J connectivity index is 0.000000537. The van der Waals surface area contributed by atoms with Crippen molar-refractivity contribution in [2.24, 2.45) is 10.8 Å². The summed E-state index contributed by atoms with van der Waals surface area (Å²) in [7, 11) is 0. The van der Waals surface area contributed by atoms with Gasteiger partial charge in [0.15, 0.2) is 0 Å². The van der Waals surface area contributed by atoms with Crippen LogP contribution in [-0.2, 0) is 20.0 Å². The van der Waals surface area contributed by atoms with Gasteiger partial charge in [-0.25, -0.2) is 6.08 Å². The fourth-order valence-corrected chi connectivity index (χ4v) is 2.29. The van der Waals surface area contributed by atoms with Crippen molar-refractivity contribution in [3.05, 3.63) is 77.6 Å². The Morgan fingerprint density at radius 3 is 1.83 bits per heavy atom. The van der Waals surface area contributed by atoms with E-state index in [1.807, 2.05) is 36.6 Å². The number of ether oxygens (including phenoxy) is 1. The first-order valence-electron chi connectivity index (χ1n) is 10.6. The first-order chi connectivity index (χ1) is 13.7. The Morgan fingerprint density at radius 2 is 1.50 bits per heavy atom. The van der Waals surface area contributed by atoms with Crippen LogP contribution in [-0.4, -0.2) is 3.81 Å². The van der Waals surface area contributed by atoms with E-state index in [1.54, 1.807) is 0 Å². The summed E-state index contributed by atoms with van der Waals surface area (Å²) < 4.78 is 7.11. The van der Waals surface area contributed by atoms with Gasteiger partial charge in [-0.05, 0) is 37.0 Å². The van der Waals surface area contributed by atoms with E-state index in [0.717, 1.165) is 12.2 Å². The summed E-state index contributed by atoms with van der Waals surface area (Å²) in [6.07, 6.45) is 12.5. The summed E-state index contributed by atoms with van der Waals surface area (Å²) in [4.78, 5) is 0. The number of rotatable bonds is 3. The molecule has 1 aromatic carbocycles. The van der Waals surface area contributed by atoms with Crippen LogP contribution in [0.4, 0.5) is 0 Å². The molecule has 0 saturated heterocycles. The van der Waals surface area contributed by atoms with Crippen molar-refractivity contribution in [2.75, 3.05) is 0 Å². The molecule has 2 rings (SSSR count). The SMILES string of the molecule is CC(C)(C)C1=CC[C-]=C1.CC(C)=CC(=COc1ccccc1)C(C)(C)C.C[C](C)=[Ti+]. The third kappa shape index (κ3) is 14.5. The van der Waals surface area contributed by atoms with Gasteiger partial charge in [0.25, 0.3) is 0 Å². The van der Waals surface area contributed by atoms with E-state index in [1.165, 1.54) is 20.5 Å². The fourth-order valence-electron chi connectivity index (χ4n) is 2.29. The maximum absolute atomic E-state index is 5.69. The molecule has 2 heteroatoms. The van der Waals surface area contributed by atoms with Crippen LogP contribution in [0.15, 0.2) is 71.5 Å². The molecule has 0 bridgehead atoms. The maximum atomic E-state index is 5.69. The van der Waals surface area contributed by atoms with Gasteiger partial charge in [0.2, 0.25) is 0 Å². The second-order valence-electron chi connectivity index (χ2n) is 9.94. The number of allylic oxidation sites excluding steroid dienone is 7. The third-order valence-electron chi connectivity index (χ3n) is 3.94. The Hall–Kier alpha value is -1.44. The van der Waals surface area contributed by atoms with Gasteiger partial charge in [-0.15, -0.1) is 6.42 Å². The molecule has 0 N–H and O–H groups in total. The molecule has 0 radical (unpaired) electrons. The summed E-state index contributed by atoms with van der Waals surface area (Å²) >= 11 is 2.08. The average molecular weight is 442 g/mol. The molecule has 0 aromatic heterocycles. The summed E-state index contributed by atoms with van der Waals surface area (Å²) in [5.74, 6) is 0.872. The molecule has 163 valence electrons. The van der Waals surface area contributed by atoms with E-state index in [0.29, 0.717) is 5.41 Å². The number of hydrogen-bond acceptors (Lipinski definition) is 1. The molecule has 0 saturated carbocycles. The van der Waals surface area contributed by atoms with Gasteiger partial charge in [-0.2, -0.15) is 11.6 Å². The third-order valence-corrected chi connectivity index (χ3v) is 3.94. The van der Waals surface area contributed by atoms with Crippen LogP contribution < -0.4 is 4.74 Å². The Morgan fingerprint density at radius 1 is 0.967 bits per heavy atom. The van der Waals surface area contributed by atoms with Gasteiger partial charge in [0.1, 0.15) is 5.75 Å². The quantitative estimate of drug-likeness (QED) is 0.198. The Labute approximate surface area is 197 Å². The molecule has 0 unspecified atom stereocenters. The molecule has 1 aliphatic rings. The first kappa shape index (κ1) is 28.6. The number of para-hydroxylation sites is 1.